The van der Waals surface area contributed by atoms with Gasteiger partial charge in [0.15, 0.2) is 5.82 Å². The molecule has 1 amide bonds. The van der Waals surface area contributed by atoms with Crippen LogP contribution in [0.4, 0.5) is 10.1 Å². The van der Waals surface area contributed by atoms with E-state index in [1.807, 2.05) is 25.1 Å². The summed E-state index contributed by atoms with van der Waals surface area (Å²) >= 11 is 4.57. The molecule has 0 saturated heterocycles. The highest BCUT2D eigenvalue weighted by Crippen LogP contribution is 2.37. The monoisotopic (exact) mass is 470 g/mol. The topological polar surface area (TPSA) is 67.6 Å². The number of carbonyl (C=O) groups excluding carboxylic acids is 1. The molecule has 5 rings (SSSR count). The van der Waals surface area contributed by atoms with Gasteiger partial charge in [-0.15, -0.1) is 5.10 Å². The third-order valence-electron chi connectivity index (χ3n) is 4.78. The van der Waals surface area contributed by atoms with Crippen LogP contribution < -0.4 is 15.0 Å². The van der Waals surface area contributed by atoms with Crippen molar-refractivity contribution in [3.63, 3.8) is 0 Å². The first-order valence-electron chi connectivity index (χ1n) is 8.79. The van der Waals surface area contributed by atoms with Crippen molar-refractivity contribution in [2.75, 3.05) is 11.4 Å². The summed E-state index contributed by atoms with van der Waals surface area (Å²) in [5.74, 6) is -0.232. The molecule has 1 aliphatic rings. The second kappa shape index (κ2) is 6.57. The van der Waals surface area contributed by atoms with E-state index in [1.165, 1.54) is 16.6 Å². The van der Waals surface area contributed by atoms with Crippen molar-refractivity contribution in [2.45, 2.75) is 6.92 Å². The minimum atomic E-state index is -0.391. The van der Waals surface area contributed by atoms with Crippen LogP contribution in [0.2, 0.25) is 0 Å². The van der Waals surface area contributed by atoms with Crippen molar-refractivity contribution in [1.29, 1.82) is 0 Å². The smallest absolute Gasteiger partial charge is 0.291 e. The van der Waals surface area contributed by atoms with Gasteiger partial charge in [-0.05, 0) is 49.4 Å². The van der Waals surface area contributed by atoms with Crippen molar-refractivity contribution in [3.8, 4) is 11.4 Å². The van der Waals surface area contributed by atoms with Gasteiger partial charge >= 0.3 is 0 Å². The number of nitrogens with zero attached hydrogens (tertiary/aromatic N) is 4. The second-order valence-corrected chi connectivity index (χ2v) is 8.35. The van der Waals surface area contributed by atoms with Crippen LogP contribution in [0.25, 0.3) is 21.9 Å². The number of likely N-dealkylation sites (N-methyl/N-ethyl adjacent to an activating group) is 1. The van der Waals surface area contributed by atoms with E-state index in [0.29, 0.717) is 38.6 Å². The number of hydrogen-bond acceptors (Lipinski definition) is 5. The van der Waals surface area contributed by atoms with Gasteiger partial charge in [-0.3, -0.25) is 9.59 Å². The van der Waals surface area contributed by atoms with Crippen molar-refractivity contribution in [1.82, 2.24) is 14.6 Å². The summed E-state index contributed by atoms with van der Waals surface area (Å²) in [5.41, 5.74) is 2.08. The van der Waals surface area contributed by atoms with E-state index < -0.39 is 5.56 Å². The molecular formula is C20H12BrFN4O2S. The number of rotatable bonds is 2. The Balaban J connectivity index is 1.74. The van der Waals surface area contributed by atoms with E-state index in [1.54, 1.807) is 17.0 Å². The highest BCUT2D eigenvalue weighted by atomic mass is 79.9. The minimum absolute atomic E-state index is 0.207. The molecule has 144 valence electrons. The Kier molecular flexibility index (Phi) is 4.11. The zero-order valence-corrected chi connectivity index (χ0v) is 17.4. The number of thiazole rings is 1. The highest BCUT2D eigenvalue weighted by molar-refractivity contribution is 9.10. The van der Waals surface area contributed by atoms with Gasteiger partial charge < -0.3 is 4.90 Å². The maximum absolute atomic E-state index is 13.1. The molecule has 0 bridgehead atoms. The fourth-order valence-electron chi connectivity index (χ4n) is 3.44. The molecule has 1 aliphatic heterocycles. The average molecular weight is 471 g/mol. The van der Waals surface area contributed by atoms with Gasteiger partial charge in [0.05, 0.1) is 11.3 Å². The van der Waals surface area contributed by atoms with Crippen LogP contribution in [0.3, 0.4) is 0 Å². The summed E-state index contributed by atoms with van der Waals surface area (Å²) in [5, 5.41) is 4.28. The predicted octanol–water partition coefficient (Wildman–Crippen LogP) is 3.00. The van der Waals surface area contributed by atoms with E-state index in [-0.39, 0.29) is 11.7 Å². The number of hydrogen-bond donors (Lipinski definition) is 0. The number of aromatic nitrogens is 3. The Morgan fingerprint density at radius 3 is 2.59 bits per heavy atom. The molecule has 0 saturated carbocycles. The maximum Gasteiger partial charge on any atom is 0.291 e. The lowest BCUT2D eigenvalue weighted by molar-refractivity contribution is -0.113. The van der Waals surface area contributed by atoms with Crippen LogP contribution in [-0.2, 0) is 4.79 Å². The van der Waals surface area contributed by atoms with Crippen molar-refractivity contribution >= 4 is 49.4 Å². The molecule has 3 heterocycles. The fourth-order valence-corrected chi connectivity index (χ4v) is 4.80. The van der Waals surface area contributed by atoms with E-state index in [2.05, 4.69) is 26.0 Å². The van der Waals surface area contributed by atoms with E-state index in [9.17, 15) is 14.0 Å². The highest BCUT2D eigenvalue weighted by Gasteiger charge is 2.33. The SMILES string of the molecule is CCN1C(=O)/C(=c2\sc3nc(-c4ccc(F)cc4)nn3c2=O)c2cc(Br)ccc21. The Morgan fingerprint density at radius 2 is 1.90 bits per heavy atom. The number of benzene rings is 2. The average Bonchev–Trinajstić information content (AvgIpc) is 3.33. The summed E-state index contributed by atoms with van der Waals surface area (Å²) < 4.78 is 15.5. The summed E-state index contributed by atoms with van der Waals surface area (Å²) in [4.78, 5) is 32.5. The molecule has 6 nitrogen and oxygen atoms in total. The normalized spacial score (nSPS) is 15.4. The molecule has 9 heteroatoms. The molecule has 0 N–H and O–H groups in total. The van der Waals surface area contributed by atoms with Gasteiger partial charge in [0.25, 0.3) is 11.5 Å². The Bertz CT molecular complexity index is 1410. The van der Waals surface area contributed by atoms with Gasteiger partial charge in [-0.1, -0.05) is 27.3 Å². The molecular weight excluding hydrogens is 459 g/mol. The van der Waals surface area contributed by atoms with E-state index in [4.69, 9.17) is 0 Å². The van der Waals surface area contributed by atoms with Gasteiger partial charge in [-0.2, -0.15) is 9.50 Å². The zero-order chi connectivity index (χ0) is 20.3. The molecule has 29 heavy (non-hydrogen) atoms. The molecule has 0 aliphatic carbocycles. The Hall–Kier alpha value is -2.91. The van der Waals surface area contributed by atoms with E-state index in [0.717, 1.165) is 21.5 Å². The van der Waals surface area contributed by atoms with Crippen LogP contribution in [0.15, 0.2) is 51.7 Å². The lowest BCUT2D eigenvalue weighted by Gasteiger charge is -2.13. The first-order valence-corrected chi connectivity index (χ1v) is 10.4. The quantitative estimate of drug-likeness (QED) is 0.451. The van der Waals surface area contributed by atoms with Crippen molar-refractivity contribution in [3.05, 3.63) is 73.2 Å². The zero-order valence-electron chi connectivity index (χ0n) is 15.0. The molecule has 0 spiro atoms. The molecule has 4 aromatic rings. The van der Waals surface area contributed by atoms with Crippen LogP contribution in [-0.4, -0.2) is 27.0 Å². The molecule has 0 radical (unpaired) electrons. The van der Waals surface area contributed by atoms with Gasteiger partial charge in [0, 0.05) is 22.1 Å². The Morgan fingerprint density at radius 1 is 1.14 bits per heavy atom. The number of anilines is 1. The molecule has 2 aromatic heterocycles. The summed E-state index contributed by atoms with van der Waals surface area (Å²) in [6, 6.07) is 11.3. The Labute approximate surface area is 176 Å². The van der Waals surface area contributed by atoms with Gasteiger partial charge in [0.1, 0.15) is 10.3 Å². The van der Waals surface area contributed by atoms with Crippen LogP contribution in [0, 0.1) is 5.82 Å². The summed E-state index contributed by atoms with van der Waals surface area (Å²) in [6.07, 6.45) is 0. The predicted molar refractivity (Wildman–Crippen MR) is 112 cm³/mol. The van der Waals surface area contributed by atoms with Crippen LogP contribution in [0.5, 0.6) is 0 Å². The third-order valence-corrected chi connectivity index (χ3v) is 6.30. The molecule has 0 atom stereocenters. The first kappa shape index (κ1) is 18.1. The number of carbonyl (C=O) groups is 1. The number of fused-ring (bicyclic) bond motifs is 2. The van der Waals surface area contributed by atoms with Gasteiger partial charge in [0.2, 0.25) is 4.96 Å². The minimum Gasteiger partial charge on any atom is -0.308 e. The summed E-state index contributed by atoms with van der Waals surface area (Å²) in [6.45, 7) is 2.39. The lowest BCUT2D eigenvalue weighted by atomic mass is 10.1. The van der Waals surface area contributed by atoms with Crippen LogP contribution in [0.1, 0.15) is 12.5 Å². The largest absolute Gasteiger partial charge is 0.308 e. The van der Waals surface area contributed by atoms with Crippen molar-refractivity contribution in [2.24, 2.45) is 0 Å². The maximum atomic E-state index is 13.1. The third kappa shape index (κ3) is 2.72. The van der Waals surface area contributed by atoms with Crippen molar-refractivity contribution < 1.29 is 9.18 Å². The standard InChI is InChI=1S/C20H12BrFN4O2S/c1-2-25-14-8-5-11(21)9-13(14)15(18(25)27)16-19(28)26-20(29-16)23-17(24-26)10-3-6-12(22)7-4-10/h3-9H,2H2,1H3/b16-15-. The number of halogens is 2. The molecule has 0 fully saturated rings. The molecule has 2 aromatic carbocycles. The molecule has 0 unspecified atom stereocenters. The lowest BCUT2D eigenvalue weighted by Crippen LogP contribution is -2.32. The van der Waals surface area contributed by atoms with Crippen LogP contribution >= 0.6 is 27.3 Å². The summed E-state index contributed by atoms with van der Waals surface area (Å²) in [7, 11) is 0. The first-order chi connectivity index (χ1) is 14.0. The fraction of sp³-hybridized carbons (Fsp3) is 0.100. The second-order valence-electron chi connectivity index (χ2n) is 6.46. The number of amides is 1. The van der Waals surface area contributed by atoms with E-state index >= 15 is 0 Å². The van der Waals surface area contributed by atoms with Gasteiger partial charge in [-0.25, -0.2) is 4.39 Å².